The van der Waals surface area contributed by atoms with Gasteiger partial charge in [0.25, 0.3) is 11.5 Å². The van der Waals surface area contributed by atoms with Crippen LogP contribution in [0, 0.1) is 11.8 Å². The lowest BCUT2D eigenvalue weighted by Crippen LogP contribution is -2.46. The number of H-pyrrole nitrogens is 1. The number of hydrogen-bond donors (Lipinski definition) is 2. The predicted molar refractivity (Wildman–Crippen MR) is 115 cm³/mol. The highest BCUT2D eigenvalue weighted by molar-refractivity contribution is 6.31. The van der Waals surface area contributed by atoms with Gasteiger partial charge in [-0.25, -0.2) is 9.37 Å². The SMILES string of the molecule is CNC(=O)c1ccc(N2CCN(Cc3ccc4cc(Cl)c(=O)[nH]c4c3F)CC2)c(F)n1. The Kier molecular flexibility index (Phi) is 5.88. The van der Waals surface area contributed by atoms with Crippen molar-refractivity contribution in [2.45, 2.75) is 6.54 Å². The van der Waals surface area contributed by atoms with Gasteiger partial charge < -0.3 is 15.2 Å². The molecule has 0 radical (unpaired) electrons. The van der Waals surface area contributed by atoms with Crippen molar-refractivity contribution >= 4 is 34.1 Å². The molecule has 2 aromatic heterocycles. The van der Waals surface area contributed by atoms with Crippen molar-refractivity contribution in [3.05, 3.63) is 68.7 Å². The average Bonchev–Trinajstić information content (AvgIpc) is 2.77. The van der Waals surface area contributed by atoms with Crippen LogP contribution in [0.3, 0.4) is 0 Å². The van der Waals surface area contributed by atoms with Crippen LogP contribution >= 0.6 is 11.6 Å². The molecule has 31 heavy (non-hydrogen) atoms. The number of aromatic amines is 1. The third-order valence-electron chi connectivity index (χ3n) is 5.39. The summed E-state index contributed by atoms with van der Waals surface area (Å²) in [5.41, 5.74) is 0.417. The molecule has 0 saturated carbocycles. The number of benzene rings is 1. The molecule has 0 spiro atoms. The first-order chi connectivity index (χ1) is 14.9. The molecular weight excluding hydrogens is 428 g/mol. The third kappa shape index (κ3) is 4.24. The number of rotatable bonds is 4. The summed E-state index contributed by atoms with van der Waals surface area (Å²) in [7, 11) is 1.46. The summed E-state index contributed by atoms with van der Waals surface area (Å²) in [5.74, 6) is -1.62. The second-order valence-electron chi connectivity index (χ2n) is 7.30. The van der Waals surface area contributed by atoms with Gasteiger partial charge in [-0.1, -0.05) is 23.7 Å². The van der Waals surface area contributed by atoms with Crippen molar-refractivity contribution in [3.63, 3.8) is 0 Å². The van der Waals surface area contributed by atoms with E-state index >= 15 is 0 Å². The number of amides is 1. The van der Waals surface area contributed by atoms with Gasteiger partial charge in [0.2, 0.25) is 5.95 Å². The maximum Gasteiger partial charge on any atom is 0.269 e. The number of carbonyl (C=O) groups is 1. The van der Waals surface area contributed by atoms with Gasteiger partial charge in [0.15, 0.2) is 5.82 Å². The number of fused-ring (bicyclic) bond motifs is 1. The second kappa shape index (κ2) is 8.60. The van der Waals surface area contributed by atoms with E-state index < -0.39 is 23.2 Å². The van der Waals surface area contributed by atoms with Crippen molar-refractivity contribution in [1.29, 1.82) is 0 Å². The Hall–Kier alpha value is -3.04. The van der Waals surface area contributed by atoms with Crippen molar-refractivity contribution in [1.82, 2.24) is 20.2 Å². The molecule has 0 bridgehead atoms. The fraction of sp³-hybridized carbons (Fsp3) is 0.286. The number of nitrogens with zero attached hydrogens (tertiary/aromatic N) is 3. The first-order valence-corrected chi connectivity index (χ1v) is 10.1. The van der Waals surface area contributed by atoms with Crippen LogP contribution in [-0.2, 0) is 6.54 Å². The standard InChI is InChI=1S/C21H20ClF2N5O2/c1-25-21(31)15-4-5-16(19(24)26-15)29-8-6-28(7-9-29)11-13-3-2-12-10-14(22)20(30)27-18(12)17(13)23/h2-5,10H,6-9,11H2,1H3,(H,25,31)(H,27,30). The Morgan fingerprint density at radius 1 is 1.19 bits per heavy atom. The summed E-state index contributed by atoms with van der Waals surface area (Å²) < 4.78 is 29.3. The molecule has 1 saturated heterocycles. The number of aromatic nitrogens is 2. The molecule has 1 amide bonds. The van der Waals surface area contributed by atoms with Crippen molar-refractivity contribution in [3.8, 4) is 0 Å². The fourth-order valence-electron chi connectivity index (χ4n) is 3.68. The predicted octanol–water partition coefficient (Wildman–Crippen LogP) is 2.54. The van der Waals surface area contributed by atoms with E-state index in [4.69, 9.17) is 11.6 Å². The molecule has 162 valence electrons. The number of anilines is 1. The molecular formula is C21H20ClF2N5O2. The summed E-state index contributed by atoms with van der Waals surface area (Å²) in [6, 6.07) is 7.88. The van der Waals surface area contributed by atoms with Gasteiger partial charge in [0.1, 0.15) is 10.7 Å². The normalized spacial score (nSPS) is 14.8. The van der Waals surface area contributed by atoms with Gasteiger partial charge in [-0.05, 0) is 18.2 Å². The quantitative estimate of drug-likeness (QED) is 0.601. The zero-order valence-corrected chi connectivity index (χ0v) is 17.5. The van der Waals surface area contributed by atoms with Crippen molar-refractivity contribution in [2.24, 2.45) is 0 Å². The van der Waals surface area contributed by atoms with Crippen LogP contribution in [0.15, 0.2) is 35.1 Å². The Bertz CT molecular complexity index is 1210. The van der Waals surface area contributed by atoms with Gasteiger partial charge in [-0.2, -0.15) is 4.39 Å². The number of nitrogens with one attached hydrogen (secondary N) is 2. The Labute approximate surface area is 181 Å². The van der Waals surface area contributed by atoms with Crippen LogP contribution in [0.5, 0.6) is 0 Å². The minimum absolute atomic E-state index is 0.0147. The summed E-state index contributed by atoms with van der Waals surface area (Å²) >= 11 is 5.81. The van der Waals surface area contributed by atoms with E-state index in [-0.39, 0.29) is 16.2 Å². The minimum atomic E-state index is -0.697. The molecule has 0 atom stereocenters. The molecule has 0 unspecified atom stereocenters. The number of piperazine rings is 1. The van der Waals surface area contributed by atoms with Gasteiger partial charge in [-0.3, -0.25) is 14.5 Å². The van der Waals surface area contributed by atoms with Crippen molar-refractivity contribution < 1.29 is 13.6 Å². The minimum Gasteiger partial charge on any atom is -0.365 e. The van der Waals surface area contributed by atoms with Crippen LogP contribution in [-0.4, -0.2) is 54.0 Å². The molecule has 2 N–H and O–H groups in total. The lowest BCUT2D eigenvalue weighted by molar-refractivity contribution is 0.0957. The summed E-state index contributed by atoms with van der Waals surface area (Å²) in [6.45, 7) is 2.59. The Balaban J connectivity index is 1.45. The lowest BCUT2D eigenvalue weighted by Gasteiger charge is -2.36. The highest BCUT2D eigenvalue weighted by Gasteiger charge is 2.22. The first kappa shape index (κ1) is 21.2. The molecule has 3 heterocycles. The average molecular weight is 448 g/mol. The number of carbonyl (C=O) groups excluding carboxylic acids is 1. The Morgan fingerprint density at radius 2 is 1.94 bits per heavy atom. The molecule has 1 aromatic carbocycles. The summed E-state index contributed by atoms with van der Waals surface area (Å²) in [4.78, 5) is 33.5. The highest BCUT2D eigenvalue weighted by Crippen LogP contribution is 2.23. The molecule has 10 heteroatoms. The number of pyridine rings is 2. The molecule has 4 rings (SSSR count). The second-order valence-corrected chi connectivity index (χ2v) is 7.71. The topological polar surface area (TPSA) is 81.3 Å². The molecule has 1 fully saturated rings. The zero-order chi connectivity index (χ0) is 22.1. The van der Waals surface area contributed by atoms with E-state index in [1.807, 2.05) is 4.90 Å². The largest absolute Gasteiger partial charge is 0.365 e. The van der Waals surface area contributed by atoms with Crippen molar-refractivity contribution in [2.75, 3.05) is 38.1 Å². The van der Waals surface area contributed by atoms with Gasteiger partial charge in [0.05, 0.1) is 11.2 Å². The smallest absolute Gasteiger partial charge is 0.269 e. The monoisotopic (exact) mass is 447 g/mol. The van der Waals surface area contributed by atoms with Gasteiger partial charge in [0, 0.05) is 50.7 Å². The highest BCUT2D eigenvalue weighted by atomic mass is 35.5. The van der Waals surface area contributed by atoms with Crippen LogP contribution < -0.4 is 15.8 Å². The van der Waals surface area contributed by atoms with Crippen LogP contribution in [0.2, 0.25) is 5.02 Å². The van der Waals surface area contributed by atoms with Gasteiger partial charge >= 0.3 is 0 Å². The fourth-order valence-corrected chi connectivity index (χ4v) is 3.85. The number of hydrogen-bond acceptors (Lipinski definition) is 5. The summed E-state index contributed by atoms with van der Waals surface area (Å²) in [6.07, 6.45) is 0. The summed E-state index contributed by atoms with van der Waals surface area (Å²) in [5, 5.41) is 2.95. The van der Waals surface area contributed by atoms with Crippen LogP contribution in [0.25, 0.3) is 10.9 Å². The maximum absolute atomic E-state index is 14.9. The zero-order valence-electron chi connectivity index (χ0n) is 16.7. The van der Waals surface area contributed by atoms with E-state index in [0.717, 1.165) is 0 Å². The lowest BCUT2D eigenvalue weighted by atomic mass is 10.1. The Morgan fingerprint density at radius 3 is 2.61 bits per heavy atom. The number of halogens is 3. The molecule has 1 aliphatic rings. The molecule has 1 aliphatic heterocycles. The van der Waals surface area contributed by atoms with Gasteiger partial charge in [-0.15, -0.1) is 0 Å². The van der Waals surface area contributed by atoms with E-state index in [1.54, 1.807) is 18.2 Å². The van der Waals surface area contributed by atoms with E-state index in [9.17, 15) is 18.4 Å². The van der Waals surface area contributed by atoms with E-state index in [2.05, 4.69) is 20.2 Å². The maximum atomic E-state index is 14.9. The van der Waals surface area contributed by atoms with Crippen LogP contribution in [0.4, 0.5) is 14.5 Å². The molecule has 3 aromatic rings. The van der Waals surface area contributed by atoms with E-state index in [1.165, 1.54) is 19.2 Å². The molecule has 7 nitrogen and oxygen atoms in total. The van der Waals surface area contributed by atoms with E-state index in [0.29, 0.717) is 49.4 Å². The first-order valence-electron chi connectivity index (χ1n) is 9.73. The third-order valence-corrected chi connectivity index (χ3v) is 5.67. The van der Waals surface area contributed by atoms with Crippen LogP contribution in [0.1, 0.15) is 16.1 Å². The molecule has 0 aliphatic carbocycles.